The molecular weight excluding hydrogens is 190 g/mol. The molecule has 1 aromatic carbocycles. The number of phenolic OH excluding ortho intramolecular Hbond substituents is 1. The fourth-order valence-corrected chi connectivity index (χ4v) is 2.00. The van der Waals surface area contributed by atoms with Gasteiger partial charge in [0.1, 0.15) is 0 Å². The van der Waals surface area contributed by atoms with Crippen molar-refractivity contribution in [1.82, 2.24) is 0 Å². The summed E-state index contributed by atoms with van der Waals surface area (Å²) in [5.74, 6) is -0.282. The molecule has 0 aliphatic carbocycles. The smallest absolute Gasteiger partial charge is 0.319 e. The molecule has 0 aliphatic rings. The van der Waals surface area contributed by atoms with Crippen LogP contribution in [0.4, 0.5) is 5.69 Å². The summed E-state index contributed by atoms with van der Waals surface area (Å²) in [5, 5.41) is 22.1. The van der Waals surface area contributed by atoms with Crippen molar-refractivity contribution in [1.29, 1.82) is 0 Å². The summed E-state index contributed by atoms with van der Waals surface area (Å²) in [5.41, 5.74) is -0.209. The molecule has 0 unspecified atom stereocenters. The molecule has 13 heavy (non-hydrogen) atoms. The Morgan fingerprint density at radius 2 is 2.15 bits per heavy atom. The number of fused-ring (bicyclic) bond motifs is 1. The lowest BCUT2D eigenvalue weighted by Crippen LogP contribution is -1.88. The quantitative estimate of drug-likeness (QED) is 0.561. The molecule has 0 aliphatic heterocycles. The van der Waals surface area contributed by atoms with Gasteiger partial charge in [-0.3, -0.25) is 10.1 Å². The van der Waals surface area contributed by atoms with Crippen LogP contribution >= 0.6 is 11.3 Å². The third-order valence-corrected chi connectivity index (χ3v) is 2.65. The SMILES string of the molecule is O=[N+]([O-])c1c(O)ccc2sccc12. The second kappa shape index (κ2) is 2.70. The maximum Gasteiger partial charge on any atom is 0.319 e. The number of phenols is 1. The Morgan fingerprint density at radius 3 is 2.85 bits per heavy atom. The van der Waals surface area contributed by atoms with Crippen LogP contribution in [0.3, 0.4) is 0 Å². The normalized spacial score (nSPS) is 10.5. The van der Waals surface area contributed by atoms with Crippen molar-refractivity contribution in [2.45, 2.75) is 0 Å². The minimum absolute atomic E-state index is 0.209. The van der Waals surface area contributed by atoms with E-state index in [0.717, 1.165) is 4.70 Å². The number of aromatic hydroxyl groups is 1. The summed E-state index contributed by atoms with van der Waals surface area (Å²) in [7, 11) is 0. The summed E-state index contributed by atoms with van der Waals surface area (Å²) in [6, 6.07) is 4.65. The number of nitro benzene ring substituents is 1. The first-order valence-electron chi connectivity index (χ1n) is 3.53. The van der Waals surface area contributed by atoms with Gasteiger partial charge in [0.2, 0.25) is 0 Å². The van der Waals surface area contributed by atoms with Crippen LogP contribution in [0.5, 0.6) is 5.75 Å². The van der Waals surface area contributed by atoms with Gasteiger partial charge in [0.05, 0.1) is 10.3 Å². The predicted octanol–water partition coefficient (Wildman–Crippen LogP) is 2.52. The van der Waals surface area contributed by atoms with Crippen molar-refractivity contribution in [3.63, 3.8) is 0 Å². The summed E-state index contributed by atoms with van der Waals surface area (Å²) in [6.45, 7) is 0. The van der Waals surface area contributed by atoms with Crippen LogP contribution < -0.4 is 0 Å². The van der Waals surface area contributed by atoms with Crippen LogP contribution in [0.15, 0.2) is 23.6 Å². The van der Waals surface area contributed by atoms with Crippen LogP contribution in [-0.2, 0) is 0 Å². The first kappa shape index (κ1) is 8.00. The van der Waals surface area contributed by atoms with Crippen LogP contribution in [0.1, 0.15) is 0 Å². The number of benzene rings is 1. The van der Waals surface area contributed by atoms with E-state index in [4.69, 9.17) is 0 Å². The number of thiophene rings is 1. The molecule has 0 radical (unpaired) electrons. The number of rotatable bonds is 1. The van der Waals surface area contributed by atoms with Gasteiger partial charge in [0.15, 0.2) is 5.75 Å². The van der Waals surface area contributed by atoms with Crippen LogP contribution in [-0.4, -0.2) is 10.0 Å². The van der Waals surface area contributed by atoms with Crippen molar-refractivity contribution in [3.8, 4) is 5.75 Å². The first-order chi connectivity index (χ1) is 6.20. The zero-order valence-electron chi connectivity index (χ0n) is 6.43. The van der Waals surface area contributed by atoms with Crippen molar-refractivity contribution in [2.24, 2.45) is 0 Å². The molecule has 4 nitrogen and oxygen atoms in total. The molecule has 5 heteroatoms. The largest absolute Gasteiger partial charge is 0.502 e. The average molecular weight is 195 g/mol. The van der Waals surface area contributed by atoms with Crippen molar-refractivity contribution < 1.29 is 10.0 Å². The van der Waals surface area contributed by atoms with Crippen LogP contribution in [0.2, 0.25) is 0 Å². The molecule has 1 aromatic heterocycles. The molecule has 0 bridgehead atoms. The molecular formula is C8H5NO3S. The van der Waals surface area contributed by atoms with Crippen molar-refractivity contribution in [2.75, 3.05) is 0 Å². The van der Waals surface area contributed by atoms with Crippen LogP contribution in [0.25, 0.3) is 10.1 Å². The molecule has 2 rings (SSSR count). The molecule has 0 fully saturated rings. The fourth-order valence-electron chi connectivity index (χ4n) is 1.21. The number of nitro groups is 1. The molecule has 1 heterocycles. The van der Waals surface area contributed by atoms with E-state index in [9.17, 15) is 15.2 Å². The first-order valence-corrected chi connectivity index (χ1v) is 4.41. The van der Waals surface area contributed by atoms with E-state index >= 15 is 0 Å². The Balaban J connectivity index is 2.88. The van der Waals surface area contributed by atoms with E-state index in [2.05, 4.69) is 0 Å². The number of hydrogen-bond donors (Lipinski definition) is 1. The molecule has 0 amide bonds. The lowest BCUT2D eigenvalue weighted by Gasteiger charge is -1.96. The van der Waals surface area contributed by atoms with E-state index < -0.39 is 4.92 Å². The lowest BCUT2D eigenvalue weighted by atomic mass is 10.2. The van der Waals surface area contributed by atoms with Gasteiger partial charge in [-0.25, -0.2) is 0 Å². The highest BCUT2D eigenvalue weighted by atomic mass is 32.1. The Hall–Kier alpha value is -1.62. The minimum atomic E-state index is -0.565. The molecule has 2 aromatic rings. The van der Waals surface area contributed by atoms with Gasteiger partial charge in [-0.15, -0.1) is 11.3 Å². The zero-order chi connectivity index (χ0) is 9.42. The second-order valence-corrected chi connectivity index (χ2v) is 3.47. The van der Waals surface area contributed by atoms with Gasteiger partial charge in [-0.2, -0.15) is 0 Å². The molecule has 1 N–H and O–H groups in total. The molecule has 0 atom stereocenters. The Labute approximate surface area is 77.2 Å². The zero-order valence-corrected chi connectivity index (χ0v) is 7.25. The summed E-state index contributed by atoms with van der Waals surface area (Å²) < 4.78 is 0.810. The van der Waals surface area contributed by atoms with E-state index in [1.807, 2.05) is 0 Å². The highest BCUT2D eigenvalue weighted by Gasteiger charge is 2.17. The van der Waals surface area contributed by atoms with E-state index in [-0.39, 0.29) is 11.4 Å². The monoisotopic (exact) mass is 195 g/mol. The van der Waals surface area contributed by atoms with E-state index in [0.29, 0.717) is 5.39 Å². The summed E-state index contributed by atoms with van der Waals surface area (Å²) >= 11 is 1.41. The van der Waals surface area contributed by atoms with Gasteiger partial charge in [0, 0.05) is 4.70 Å². The van der Waals surface area contributed by atoms with Gasteiger partial charge in [0.25, 0.3) is 0 Å². The fraction of sp³-hybridized carbons (Fsp3) is 0. The highest BCUT2D eigenvalue weighted by molar-refractivity contribution is 7.17. The number of nitrogens with zero attached hydrogens (tertiary/aromatic N) is 1. The average Bonchev–Trinajstić information content (AvgIpc) is 2.50. The highest BCUT2D eigenvalue weighted by Crippen LogP contribution is 2.36. The third-order valence-electron chi connectivity index (χ3n) is 1.77. The molecule has 0 saturated heterocycles. The van der Waals surface area contributed by atoms with E-state index in [1.54, 1.807) is 17.5 Å². The lowest BCUT2D eigenvalue weighted by molar-refractivity contribution is -0.384. The Bertz CT molecular complexity index is 477. The molecule has 66 valence electrons. The maximum atomic E-state index is 10.6. The van der Waals surface area contributed by atoms with Crippen LogP contribution in [0, 0.1) is 10.1 Å². The summed E-state index contributed by atoms with van der Waals surface area (Å²) in [6.07, 6.45) is 0. The Morgan fingerprint density at radius 1 is 1.38 bits per heavy atom. The van der Waals surface area contributed by atoms with Crippen molar-refractivity contribution >= 4 is 27.1 Å². The van der Waals surface area contributed by atoms with Gasteiger partial charge in [-0.05, 0) is 23.6 Å². The third kappa shape index (κ3) is 1.13. The minimum Gasteiger partial charge on any atom is -0.502 e. The summed E-state index contributed by atoms with van der Waals surface area (Å²) in [4.78, 5) is 10.0. The number of hydrogen-bond acceptors (Lipinski definition) is 4. The van der Waals surface area contributed by atoms with Gasteiger partial charge < -0.3 is 5.11 Å². The van der Waals surface area contributed by atoms with Gasteiger partial charge in [-0.1, -0.05) is 0 Å². The Kier molecular flexibility index (Phi) is 1.66. The standard InChI is InChI=1S/C8H5NO3S/c10-6-1-2-7-5(3-4-13-7)8(6)9(11)12/h1-4,10H. The maximum absolute atomic E-state index is 10.6. The second-order valence-electron chi connectivity index (χ2n) is 2.52. The molecule has 0 saturated carbocycles. The van der Waals surface area contributed by atoms with Gasteiger partial charge >= 0.3 is 5.69 Å². The predicted molar refractivity (Wildman–Crippen MR) is 50.1 cm³/mol. The van der Waals surface area contributed by atoms with E-state index in [1.165, 1.54) is 17.4 Å². The molecule has 0 spiro atoms. The van der Waals surface area contributed by atoms with Crippen molar-refractivity contribution in [3.05, 3.63) is 33.7 Å². The topological polar surface area (TPSA) is 63.4 Å².